The van der Waals surface area contributed by atoms with Crippen LogP contribution in [0.1, 0.15) is 33.7 Å². The lowest BCUT2D eigenvalue weighted by molar-refractivity contribution is 0.695. The molecule has 0 heterocycles. The maximum absolute atomic E-state index is 2.61. The van der Waals surface area contributed by atoms with Crippen LogP contribution in [0.4, 0.5) is 0 Å². The van der Waals surface area contributed by atoms with Gasteiger partial charge in [0.2, 0.25) is 0 Å². The minimum absolute atomic E-state index is 0.341. The maximum Gasteiger partial charge on any atom is 0.0132 e. The van der Waals surface area contributed by atoms with E-state index in [9.17, 15) is 0 Å². The van der Waals surface area contributed by atoms with Gasteiger partial charge in [0.05, 0.1) is 0 Å². The van der Waals surface area contributed by atoms with E-state index in [1.54, 1.807) is 0 Å². The first-order valence-corrected chi connectivity index (χ1v) is 16.5. The Balaban J connectivity index is 1.10. The highest BCUT2D eigenvalue weighted by Crippen LogP contribution is 2.59. The summed E-state index contributed by atoms with van der Waals surface area (Å²) in [5.41, 5.74) is 19.6. The first kappa shape index (κ1) is 22.7. The Bertz CT molecular complexity index is 2830. The number of allylic oxidation sites excluding steroid dienone is 5. The summed E-state index contributed by atoms with van der Waals surface area (Å²) in [6.45, 7) is 0. The Hall–Kier alpha value is -5.72. The van der Waals surface area contributed by atoms with Crippen molar-refractivity contribution in [1.82, 2.24) is 0 Å². The van der Waals surface area contributed by atoms with Gasteiger partial charge in [-0.2, -0.15) is 0 Å². The van der Waals surface area contributed by atoms with Gasteiger partial charge in [-0.15, -0.1) is 0 Å². The van der Waals surface area contributed by atoms with Crippen LogP contribution in [-0.2, 0) is 0 Å². The largest absolute Gasteiger partial charge is 0.0682 e. The normalized spacial score (nSPS) is 18.8. The molecule has 0 saturated heterocycles. The summed E-state index contributed by atoms with van der Waals surface area (Å²) in [4.78, 5) is 0. The second-order valence-electron chi connectivity index (χ2n) is 13.8. The van der Waals surface area contributed by atoms with E-state index in [1.807, 2.05) is 0 Å². The van der Waals surface area contributed by atoms with Gasteiger partial charge < -0.3 is 0 Å². The van der Waals surface area contributed by atoms with Crippen molar-refractivity contribution in [2.75, 3.05) is 0 Å². The molecular formula is C46H24. The van der Waals surface area contributed by atoms with Crippen molar-refractivity contribution >= 4 is 59.8 Å². The third kappa shape index (κ3) is 2.36. The molecular weight excluding hydrogens is 553 g/mol. The lowest BCUT2D eigenvalue weighted by atomic mass is 9.71. The molecule has 2 atom stereocenters. The highest BCUT2D eigenvalue weighted by Gasteiger charge is 2.39. The number of fused-ring (bicyclic) bond motifs is 13. The molecule has 0 radical (unpaired) electrons. The van der Waals surface area contributed by atoms with Crippen LogP contribution in [0.2, 0.25) is 0 Å². The van der Waals surface area contributed by atoms with E-state index in [0.717, 1.165) is 0 Å². The van der Waals surface area contributed by atoms with E-state index in [0.29, 0.717) is 11.8 Å². The average Bonchev–Trinajstić information content (AvgIpc) is 3.73. The lowest BCUT2D eigenvalue weighted by Crippen LogP contribution is -2.17. The summed E-state index contributed by atoms with van der Waals surface area (Å²) in [5.74, 6) is 0.686. The van der Waals surface area contributed by atoms with Gasteiger partial charge in [0.25, 0.3) is 0 Å². The van der Waals surface area contributed by atoms with E-state index in [1.165, 1.54) is 121 Å². The van der Waals surface area contributed by atoms with Crippen molar-refractivity contribution in [2.24, 2.45) is 5.92 Å². The summed E-state index contributed by atoms with van der Waals surface area (Å²) in [5, 5.41) is 11.2. The number of rotatable bonds is 0. The quantitative estimate of drug-likeness (QED) is 0.124. The van der Waals surface area contributed by atoms with Crippen LogP contribution in [0.25, 0.3) is 93.2 Å². The molecule has 0 aromatic heterocycles. The van der Waals surface area contributed by atoms with Crippen molar-refractivity contribution in [3.63, 3.8) is 0 Å². The predicted octanol–water partition coefficient (Wildman–Crippen LogP) is 12.0. The second kappa shape index (κ2) is 7.39. The molecule has 13 rings (SSSR count). The van der Waals surface area contributed by atoms with Crippen molar-refractivity contribution in [2.45, 2.75) is 5.92 Å². The van der Waals surface area contributed by atoms with Crippen molar-refractivity contribution in [1.29, 1.82) is 0 Å². The van der Waals surface area contributed by atoms with E-state index in [2.05, 4.69) is 133 Å². The first-order valence-electron chi connectivity index (χ1n) is 16.5. The fourth-order valence-electron chi connectivity index (χ4n) is 10.3. The van der Waals surface area contributed by atoms with Gasteiger partial charge in [-0.3, -0.25) is 0 Å². The highest BCUT2D eigenvalue weighted by molar-refractivity contribution is 6.40. The molecule has 5 aliphatic rings. The zero-order valence-electron chi connectivity index (χ0n) is 24.9. The zero-order chi connectivity index (χ0) is 29.4. The molecule has 0 heteroatoms. The summed E-state index contributed by atoms with van der Waals surface area (Å²) in [7, 11) is 0. The Kier molecular flexibility index (Phi) is 3.65. The van der Waals surface area contributed by atoms with E-state index >= 15 is 0 Å². The molecule has 8 aromatic carbocycles. The number of hydrogen-bond donors (Lipinski definition) is 0. The second-order valence-corrected chi connectivity index (χ2v) is 13.8. The standard InChI is InChI=1S/C46H24/c1-2-7-25-24(6-1)30-12-14-32-34-16-18-36-39-20-23-21-41-27-9-4-3-8-26(27)28-10-5-11-29(42(28)41)38(23)22-40(39)37-19-17-35(45(34)46(36)37)33-15-13-31(25)43(30)44(32)33/h1-23,38H. The smallest absolute Gasteiger partial charge is 0.0132 e. The predicted molar refractivity (Wildman–Crippen MR) is 193 cm³/mol. The fourth-order valence-corrected chi connectivity index (χ4v) is 10.3. The van der Waals surface area contributed by atoms with E-state index in [4.69, 9.17) is 0 Å². The molecule has 0 nitrogen and oxygen atoms in total. The monoisotopic (exact) mass is 576 g/mol. The molecule has 0 fully saturated rings. The molecule has 0 amide bonds. The molecule has 0 spiro atoms. The Morgan fingerprint density at radius 1 is 0.304 bits per heavy atom. The summed E-state index contributed by atoms with van der Waals surface area (Å²) >= 11 is 0. The third-order valence-electron chi connectivity index (χ3n) is 12.0. The number of hydrogen-bond acceptors (Lipinski definition) is 0. The summed E-state index contributed by atoms with van der Waals surface area (Å²) in [6.07, 6.45) is 7.77. The Morgan fingerprint density at radius 3 is 1.41 bits per heavy atom. The third-order valence-corrected chi connectivity index (χ3v) is 12.0. The molecule has 8 aromatic rings. The number of benzene rings is 8. The fraction of sp³-hybridized carbons (Fsp3) is 0.0435. The Morgan fingerprint density at radius 2 is 0.783 bits per heavy atom. The van der Waals surface area contributed by atoms with E-state index in [-0.39, 0.29) is 0 Å². The van der Waals surface area contributed by atoms with Crippen LogP contribution >= 0.6 is 0 Å². The minimum Gasteiger partial charge on any atom is -0.0682 e. The van der Waals surface area contributed by atoms with Gasteiger partial charge in [0.15, 0.2) is 0 Å². The van der Waals surface area contributed by atoms with Gasteiger partial charge in [-0.25, -0.2) is 0 Å². The van der Waals surface area contributed by atoms with Gasteiger partial charge >= 0.3 is 0 Å². The van der Waals surface area contributed by atoms with Crippen molar-refractivity contribution in [3.05, 3.63) is 161 Å². The van der Waals surface area contributed by atoms with Gasteiger partial charge in [0.1, 0.15) is 0 Å². The van der Waals surface area contributed by atoms with Gasteiger partial charge in [0, 0.05) is 11.8 Å². The van der Waals surface area contributed by atoms with Crippen LogP contribution in [0, 0.1) is 5.92 Å². The maximum atomic E-state index is 2.61. The Labute approximate surface area is 265 Å². The van der Waals surface area contributed by atoms with Crippen LogP contribution < -0.4 is 0 Å². The van der Waals surface area contributed by atoms with Crippen LogP contribution in [0.5, 0.6) is 0 Å². The molecule has 46 heavy (non-hydrogen) atoms. The van der Waals surface area contributed by atoms with Crippen LogP contribution in [-0.4, -0.2) is 0 Å². The SMILES string of the molecule is C1=C2c3ccccc3-c3cccc(c32)C2C=C3C(=CC12)c1ccc2c4ccc5c6c(ccc(c7ccc3c1c27)c64)-c1ccccc1-5. The minimum atomic E-state index is 0.341. The van der Waals surface area contributed by atoms with Crippen molar-refractivity contribution < 1.29 is 0 Å². The lowest BCUT2D eigenvalue weighted by Gasteiger charge is -2.32. The first-order chi connectivity index (χ1) is 22.8. The zero-order valence-corrected chi connectivity index (χ0v) is 24.9. The summed E-state index contributed by atoms with van der Waals surface area (Å²) < 4.78 is 0. The molecule has 0 N–H and O–H groups in total. The molecule has 0 bridgehead atoms. The molecule has 2 unspecified atom stereocenters. The summed E-state index contributed by atoms with van der Waals surface area (Å²) in [6, 6.07) is 44.1. The highest BCUT2D eigenvalue weighted by atomic mass is 14.4. The van der Waals surface area contributed by atoms with Crippen LogP contribution in [0.3, 0.4) is 0 Å². The van der Waals surface area contributed by atoms with Gasteiger partial charge in [-0.1, -0.05) is 133 Å². The molecule has 5 aliphatic carbocycles. The van der Waals surface area contributed by atoms with Gasteiger partial charge in [-0.05, 0) is 121 Å². The van der Waals surface area contributed by atoms with Crippen molar-refractivity contribution in [3.8, 4) is 33.4 Å². The molecule has 0 saturated carbocycles. The molecule has 0 aliphatic heterocycles. The average molecular weight is 577 g/mol. The molecule has 208 valence electrons. The van der Waals surface area contributed by atoms with E-state index < -0.39 is 0 Å². The topological polar surface area (TPSA) is 0 Å². The van der Waals surface area contributed by atoms with Crippen LogP contribution in [0.15, 0.2) is 133 Å².